The summed E-state index contributed by atoms with van der Waals surface area (Å²) in [7, 11) is 0. The van der Waals surface area contributed by atoms with Gasteiger partial charge in [0.15, 0.2) is 11.2 Å². The Balaban J connectivity index is 0.633. The van der Waals surface area contributed by atoms with Gasteiger partial charge in [0, 0.05) is 28.5 Å². The van der Waals surface area contributed by atoms with E-state index < -0.39 is 0 Å². The molecule has 4 aromatic heterocycles. The van der Waals surface area contributed by atoms with Gasteiger partial charge in [-0.15, -0.1) is 0 Å². The molecule has 18 aromatic rings. The lowest BCUT2D eigenvalue weighted by atomic mass is 9.86. The standard InChI is InChI=1S/C96H62N4O2/c1-5-23-67(24-6-1)75-31-13-17-35-80(75)84-59-90-92(61-86(84)82-37-19-15-33-77(82)69-27-9-3-10-28-69)101-95(99-90)73-52-44-65(45-53-73)63-40-48-71(49-41-63)79-56-57-89(88-39-21-22-58-97-88)98-94(79)72-50-42-64(43-51-72)66-46-54-74(55-47-66)96-100-91-60-85(81-36-18-14-32-76(81)68-25-7-2-8-26-68)87(62-93(91)102-96)83-38-20-16-34-78(83)70-29-11-4-12-30-70/h1-62H. The normalized spacial score (nSPS) is 11.3. The maximum atomic E-state index is 6.75. The molecule has 18 rings (SSSR count). The molecule has 0 atom stereocenters. The van der Waals surface area contributed by atoms with E-state index in [0.717, 1.165) is 178 Å². The van der Waals surface area contributed by atoms with Gasteiger partial charge in [0.1, 0.15) is 11.0 Å². The van der Waals surface area contributed by atoms with E-state index in [1.165, 1.54) is 0 Å². The van der Waals surface area contributed by atoms with Crippen LogP contribution in [0.5, 0.6) is 0 Å². The van der Waals surface area contributed by atoms with E-state index in [2.05, 4.69) is 352 Å². The van der Waals surface area contributed by atoms with Gasteiger partial charge in [-0.2, -0.15) is 0 Å². The fraction of sp³-hybridized carbons (Fsp3) is 0. The Hall–Kier alpha value is -13.7. The zero-order chi connectivity index (χ0) is 67.7. The minimum Gasteiger partial charge on any atom is -0.436 e. The van der Waals surface area contributed by atoms with Crippen LogP contribution in [0.2, 0.25) is 0 Å². The molecule has 0 saturated heterocycles. The van der Waals surface area contributed by atoms with Crippen molar-refractivity contribution < 1.29 is 8.83 Å². The van der Waals surface area contributed by atoms with Crippen LogP contribution >= 0.6 is 0 Å². The number of rotatable bonds is 15. The predicted molar refractivity (Wildman–Crippen MR) is 419 cm³/mol. The Morgan fingerprint density at radius 3 is 0.824 bits per heavy atom. The third-order valence-electron chi connectivity index (χ3n) is 19.4. The van der Waals surface area contributed by atoms with Crippen LogP contribution in [0.15, 0.2) is 385 Å². The summed E-state index contributed by atoms with van der Waals surface area (Å²) in [4.78, 5) is 20.4. The van der Waals surface area contributed by atoms with Gasteiger partial charge < -0.3 is 8.83 Å². The van der Waals surface area contributed by atoms with Crippen molar-refractivity contribution in [1.29, 1.82) is 0 Å². The van der Waals surface area contributed by atoms with E-state index in [1.807, 2.05) is 24.4 Å². The lowest BCUT2D eigenvalue weighted by Crippen LogP contribution is -1.94. The van der Waals surface area contributed by atoms with Crippen LogP contribution in [-0.4, -0.2) is 19.9 Å². The molecular formula is C96H62N4O2. The third-order valence-corrected chi connectivity index (χ3v) is 19.4. The van der Waals surface area contributed by atoms with Gasteiger partial charge in [0.05, 0.1) is 17.1 Å². The monoisotopic (exact) mass is 1300 g/mol. The van der Waals surface area contributed by atoms with Crippen molar-refractivity contribution in [2.24, 2.45) is 0 Å². The summed E-state index contributed by atoms with van der Waals surface area (Å²) in [5.41, 5.74) is 32.6. The summed E-state index contributed by atoms with van der Waals surface area (Å²) >= 11 is 0. The Labute approximate surface area is 591 Å². The fourth-order valence-corrected chi connectivity index (χ4v) is 14.3. The highest BCUT2D eigenvalue weighted by molar-refractivity contribution is 6.03. The molecule has 0 fully saturated rings. The van der Waals surface area contributed by atoms with Crippen LogP contribution in [-0.2, 0) is 0 Å². The SMILES string of the molecule is c1ccc(-c2ccccc2-c2cc3nc(-c4ccc(-c5ccc(-c6ccc(-c7ccccn7)nc6-c6ccc(-c7ccc(-c8nc9cc(-c%10ccccc%10-c%10ccccc%10)c(-c%10ccccc%10-c%10ccccc%10)cc9o8)cc7)cc6)cc5)cc4)oc3cc2-c2ccccc2-c2ccccc2)cc1. The minimum atomic E-state index is 0.560. The number of benzene rings is 14. The second kappa shape index (κ2) is 26.6. The topological polar surface area (TPSA) is 77.8 Å². The van der Waals surface area contributed by atoms with Crippen LogP contribution < -0.4 is 0 Å². The van der Waals surface area contributed by atoms with Gasteiger partial charge in [-0.3, -0.25) is 4.98 Å². The summed E-state index contributed by atoms with van der Waals surface area (Å²) in [5, 5.41) is 0. The minimum absolute atomic E-state index is 0.560. The molecule has 0 radical (unpaired) electrons. The van der Waals surface area contributed by atoms with E-state index in [-0.39, 0.29) is 0 Å². The first-order valence-corrected chi connectivity index (χ1v) is 34.4. The van der Waals surface area contributed by atoms with Crippen molar-refractivity contribution in [2.75, 3.05) is 0 Å². The van der Waals surface area contributed by atoms with Crippen LogP contribution in [0, 0.1) is 0 Å². The smallest absolute Gasteiger partial charge is 0.227 e. The van der Waals surface area contributed by atoms with Gasteiger partial charge in [-0.05, 0) is 190 Å². The maximum Gasteiger partial charge on any atom is 0.227 e. The van der Waals surface area contributed by atoms with Crippen molar-refractivity contribution >= 4 is 22.2 Å². The van der Waals surface area contributed by atoms with Gasteiger partial charge in [-0.1, -0.05) is 297 Å². The first-order valence-electron chi connectivity index (χ1n) is 34.4. The van der Waals surface area contributed by atoms with E-state index in [9.17, 15) is 0 Å². The van der Waals surface area contributed by atoms with Crippen molar-refractivity contribution in [2.45, 2.75) is 0 Å². The molecule has 6 nitrogen and oxygen atoms in total. The van der Waals surface area contributed by atoms with Crippen LogP contribution in [0.4, 0.5) is 0 Å². The Bertz CT molecular complexity index is 5810. The first-order chi connectivity index (χ1) is 50.5. The highest BCUT2D eigenvalue weighted by Crippen LogP contribution is 2.47. The van der Waals surface area contributed by atoms with Crippen LogP contribution in [0.1, 0.15) is 0 Å². The number of oxazole rings is 2. The van der Waals surface area contributed by atoms with E-state index in [1.54, 1.807) is 0 Å². The molecule has 0 N–H and O–H groups in total. The number of fused-ring (bicyclic) bond motifs is 2. The Kier molecular flexibility index (Phi) is 15.8. The number of hydrogen-bond acceptors (Lipinski definition) is 6. The number of hydrogen-bond donors (Lipinski definition) is 0. The molecule has 4 heterocycles. The molecule has 14 aromatic carbocycles. The zero-order valence-corrected chi connectivity index (χ0v) is 55.4. The molecule has 0 aliphatic carbocycles. The third kappa shape index (κ3) is 11.7. The second-order valence-electron chi connectivity index (χ2n) is 25.5. The van der Waals surface area contributed by atoms with Gasteiger partial charge >= 0.3 is 0 Å². The van der Waals surface area contributed by atoms with E-state index in [0.29, 0.717) is 11.8 Å². The summed E-state index contributed by atoms with van der Waals surface area (Å²) in [6.45, 7) is 0. The van der Waals surface area contributed by atoms with Gasteiger partial charge in [0.25, 0.3) is 0 Å². The lowest BCUT2D eigenvalue weighted by molar-refractivity contribution is 0.619. The van der Waals surface area contributed by atoms with E-state index in [4.69, 9.17) is 28.8 Å². The maximum absolute atomic E-state index is 6.75. The molecule has 0 aliphatic heterocycles. The molecular weight excluding hydrogens is 1240 g/mol. The van der Waals surface area contributed by atoms with Crippen LogP contribution in [0.25, 0.3) is 190 Å². The molecule has 0 bridgehead atoms. The molecule has 0 amide bonds. The van der Waals surface area contributed by atoms with Crippen molar-refractivity contribution in [1.82, 2.24) is 19.9 Å². The molecule has 102 heavy (non-hydrogen) atoms. The predicted octanol–water partition coefficient (Wildman–Crippen LogP) is 25.8. The fourth-order valence-electron chi connectivity index (χ4n) is 14.3. The molecule has 0 saturated carbocycles. The summed E-state index contributed by atoms with van der Waals surface area (Å²) < 4.78 is 13.5. The quantitative estimate of drug-likeness (QED) is 0.102. The number of pyridine rings is 2. The average molecular weight is 1300 g/mol. The second-order valence-corrected chi connectivity index (χ2v) is 25.5. The van der Waals surface area contributed by atoms with Gasteiger partial charge in [-0.25, -0.2) is 15.0 Å². The van der Waals surface area contributed by atoms with Gasteiger partial charge in [0.2, 0.25) is 11.8 Å². The van der Waals surface area contributed by atoms with Crippen molar-refractivity contribution in [3.8, 4) is 168 Å². The zero-order valence-electron chi connectivity index (χ0n) is 55.4. The molecule has 6 heteroatoms. The van der Waals surface area contributed by atoms with E-state index >= 15 is 0 Å². The average Bonchev–Trinajstić information content (AvgIpc) is 1.31. The Morgan fingerprint density at radius 2 is 0.471 bits per heavy atom. The molecule has 0 aliphatic rings. The Morgan fingerprint density at radius 1 is 0.176 bits per heavy atom. The molecule has 0 spiro atoms. The summed E-state index contributed by atoms with van der Waals surface area (Å²) in [6, 6.07) is 130. The first kappa shape index (κ1) is 60.7. The largest absolute Gasteiger partial charge is 0.436 e. The highest BCUT2D eigenvalue weighted by atomic mass is 16.4. The highest BCUT2D eigenvalue weighted by Gasteiger charge is 2.23. The van der Waals surface area contributed by atoms with Crippen LogP contribution in [0.3, 0.4) is 0 Å². The van der Waals surface area contributed by atoms with Crippen molar-refractivity contribution in [3.05, 3.63) is 376 Å². The number of aromatic nitrogens is 4. The number of nitrogens with zero attached hydrogens (tertiary/aromatic N) is 4. The summed E-state index contributed by atoms with van der Waals surface area (Å²) in [6.07, 6.45) is 1.81. The lowest BCUT2D eigenvalue weighted by Gasteiger charge is -2.17. The molecule has 478 valence electrons. The molecule has 0 unspecified atom stereocenters. The van der Waals surface area contributed by atoms with Crippen molar-refractivity contribution in [3.63, 3.8) is 0 Å². The summed E-state index contributed by atoms with van der Waals surface area (Å²) in [5.74, 6) is 1.12.